The number of likely N-dealkylation sites (tertiary alicyclic amines) is 1. The van der Waals surface area contributed by atoms with Gasteiger partial charge in [0.2, 0.25) is 11.8 Å². The zero-order valence-corrected chi connectivity index (χ0v) is 24.5. The van der Waals surface area contributed by atoms with Crippen LogP contribution < -0.4 is 10.1 Å². The molecule has 1 saturated heterocycles. The summed E-state index contributed by atoms with van der Waals surface area (Å²) < 4.78 is 33.3. The van der Waals surface area contributed by atoms with Crippen molar-refractivity contribution in [2.45, 2.75) is 90.4 Å². The van der Waals surface area contributed by atoms with Gasteiger partial charge in [0, 0.05) is 42.8 Å². The average Bonchev–Trinajstić information content (AvgIpc) is 3.21. The van der Waals surface area contributed by atoms with Gasteiger partial charge in [-0.25, -0.2) is 13.6 Å². The van der Waals surface area contributed by atoms with Gasteiger partial charge in [-0.05, 0) is 28.0 Å². The number of halogens is 2. The van der Waals surface area contributed by atoms with Crippen LogP contribution >= 0.6 is 0 Å². The zero-order valence-electron chi connectivity index (χ0n) is 24.5. The van der Waals surface area contributed by atoms with E-state index in [4.69, 9.17) is 4.74 Å². The van der Waals surface area contributed by atoms with Crippen LogP contribution in [0, 0.1) is 17.3 Å². The fourth-order valence-corrected chi connectivity index (χ4v) is 6.39. The summed E-state index contributed by atoms with van der Waals surface area (Å²) in [6.07, 6.45) is -1.10. The Balaban J connectivity index is 1.80. The Labute approximate surface area is 236 Å². The molecule has 2 fully saturated rings. The summed E-state index contributed by atoms with van der Waals surface area (Å²) in [6, 6.07) is 13.1. The molecule has 2 aromatic rings. The molecule has 6 nitrogen and oxygen atoms in total. The summed E-state index contributed by atoms with van der Waals surface area (Å²) in [7, 11) is 1.62. The maximum Gasteiger partial charge on any atom is 0.326 e. The van der Waals surface area contributed by atoms with Gasteiger partial charge in [0.05, 0.1) is 13.2 Å². The Morgan fingerprint density at radius 1 is 1.05 bits per heavy atom. The van der Waals surface area contributed by atoms with E-state index in [1.54, 1.807) is 7.11 Å². The highest BCUT2D eigenvalue weighted by Gasteiger charge is 2.60. The summed E-state index contributed by atoms with van der Waals surface area (Å²) in [6.45, 7) is 12.7. The molecule has 1 saturated carbocycles. The topological polar surface area (TPSA) is 78.9 Å². The van der Waals surface area contributed by atoms with Crippen molar-refractivity contribution in [3.05, 3.63) is 65.2 Å². The number of nitrogens with one attached hydrogen (secondary N) is 1. The maximum absolute atomic E-state index is 13.8. The molecule has 4 atom stereocenters. The van der Waals surface area contributed by atoms with Crippen molar-refractivity contribution in [3.63, 3.8) is 0 Å². The molecule has 0 bridgehead atoms. The SMILES string of the molecule is COc1ccc(C(C)(C)C)cc1CN[C@H]1[C@H](C(C)(C)C)[C@@H](C(=O)O)N(C(=O)C2CC(F)(F)C2)[C@H]1c1ccccc1. The first-order valence-corrected chi connectivity index (χ1v) is 13.9. The van der Waals surface area contributed by atoms with E-state index in [0.717, 1.165) is 16.7 Å². The van der Waals surface area contributed by atoms with Gasteiger partial charge in [0.15, 0.2) is 0 Å². The van der Waals surface area contributed by atoms with E-state index >= 15 is 0 Å². The van der Waals surface area contributed by atoms with Gasteiger partial charge >= 0.3 is 5.97 Å². The molecule has 1 amide bonds. The van der Waals surface area contributed by atoms with Crippen molar-refractivity contribution >= 4 is 11.9 Å². The Kier molecular flexibility index (Phi) is 8.07. The second kappa shape index (κ2) is 10.8. The summed E-state index contributed by atoms with van der Waals surface area (Å²) in [5, 5.41) is 14.2. The number of nitrogens with zero attached hydrogens (tertiary/aromatic N) is 1. The lowest BCUT2D eigenvalue weighted by Gasteiger charge is -2.40. The molecule has 4 rings (SSSR count). The summed E-state index contributed by atoms with van der Waals surface area (Å²) >= 11 is 0. The standard InChI is InChI=1S/C32H42F2N2O4/c1-30(2,3)22-13-14-23(40-7)20(15-22)18-35-25-24(31(4,5)6)27(29(38)39)36(26(25)19-11-9-8-10-12-19)28(37)21-16-32(33,34)17-21/h8-15,21,24-27,35H,16-18H2,1-7H3,(H,38,39)/t24-,25-,26-,27-/m0/s1. The van der Waals surface area contributed by atoms with Crippen molar-refractivity contribution in [3.8, 4) is 5.75 Å². The number of amides is 1. The first-order valence-electron chi connectivity index (χ1n) is 13.9. The van der Waals surface area contributed by atoms with E-state index in [0.29, 0.717) is 12.3 Å². The lowest BCUT2D eigenvalue weighted by atomic mass is 9.72. The first kappa shape index (κ1) is 30.0. The Hall–Kier alpha value is -3.00. The van der Waals surface area contributed by atoms with E-state index in [9.17, 15) is 23.5 Å². The van der Waals surface area contributed by atoms with Gasteiger partial charge in [-0.15, -0.1) is 0 Å². The van der Waals surface area contributed by atoms with E-state index in [1.165, 1.54) is 4.90 Å². The number of carboxylic acid groups (broad SMARTS) is 1. The van der Waals surface area contributed by atoms with Crippen molar-refractivity contribution in [1.82, 2.24) is 10.2 Å². The average molecular weight is 557 g/mol. The number of alkyl halides is 2. The quantitative estimate of drug-likeness (QED) is 0.425. The van der Waals surface area contributed by atoms with Crippen LogP contribution in [0.1, 0.15) is 77.1 Å². The zero-order chi connectivity index (χ0) is 29.6. The lowest BCUT2D eigenvalue weighted by molar-refractivity contribution is -0.167. The fourth-order valence-electron chi connectivity index (χ4n) is 6.39. The molecule has 1 aliphatic heterocycles. The molecule has 0 aromatic heterocycles. The number of methoxy groups -OCH3 is 1. The molecule has 0 unspecified atom stereocenters. The van der Waals surface area contributed by atoms with Crippen molar-refractivity contribution in [2.75, 3.05) is 7.11 Å². The Bertz CT molecular complexity index is 1230. The highest BCUT2D eigenvalue weighted by Crippen LogP contribution is 2.51. The molecular weight excluding hydrogens is 514 g/mol. The highest BCUT2D eigenvalue weighted by molar-refractivity contribution is 5.87. The minimum Gasteiger partial charge on any atom is -0.496 e. The van der Waals surface area contributed by atoms with Crippen LogP contribution in [0.15, 0.2) is 48.5 Å². The third-order valence-electron chi connectivity index (χ3n) is 8.43. The van der Waals surface area contributed by atoms with Gasteiger partial charge in [-0.1, -0.05) is 84.0 Å². The Morgan fingerprint density at radius 3 is 2.17 bits per heavy atom. The molecule has 2 aromatic carbocycles. The second-order valence-electron chi connectivity index (χ2n) is 13.4. The number of hydrogen-bond donors (Lipinski definition) is 2. The largest absolute Gasteiger partial charge is 0.496 e. The van der Waals surface area contributed by atoms with Crippen LogP contribution in [0.5, 0.6) is 5.75 Å². The minimum atomic E-state index is -2.89. The number of carbonyl (C=O) groups is 2. The van der Waals surface area contributed by atoms with E-state index in [1.807, 2.05) is 63.2 Å². The summed E-state index contributed by atoms with van der Waals surface area (Å²) in [5.74, 6) is -5.23. The van der Waals surface area contributed by atoms with Crippen LogP contribution in [0.3, 0.4) is 0 Å². The third kappa shape index (κ3) is 5.87. The number of aliphatic carboxylic acids is 1. The van der Waals surface area contributed by atoms with Crippen LogP contribution in [0.25, 0.3) is 0 Å². The smallest absolute Gasteiger partial charge is 0.326 e. The van der Waals surface area contributed by atoms with Crippen molar-refractivity contribution in [2.24, 2.45) is 17.3 Å². The van der Waals surface area contributed by atoms with Gasteiger partial charge in [-0.3, -0.25) is 4.79 Å². The second-order valence-corrected chi connectivity index (χ2v) is 13.4. The predicted molar refractivity (Wildman–Crippen MR) is 150 cm³/mol. The van der Waals surface area contributed by atoms with Gasteiger partial charge in [-0.2, -0.15) is 0 Å². The van der Waals surface area contributed by atoms with Crippen molar-refractivity contribution < 1.29 is 28.2 Å². The van der Waals surface area contributed by atoms with E-state index < -0.39 is 66.0 Å². The van der Waals surface area contributed by atoms with E-state index in [-0.39, 0.29) is 5.41 Å². The number of ether oxygens (including phenoxy) is 1. The van der Waals surface area contributed by atoms with Gasteiger partial charge < -0.3 is 20.1 Å². The molecule has 2 aliphatic rings. The molecule has 40 heavy (non-hydrogen) atoms. The lowest BCUT2D eigenvalue weighted by Crippen LogP contribution is -2.52. The first-order chi connectivity index (χ1) is 18.5. The number of carbonyl (C=O) groups excluding carboxylic acids is 1. The molecule has 0 radical (unpaired) electrons. The monoisotopic (exact) mass is 556 g/mol. The molecule has 1 heterocycles. The molecular formula is C32H42F2N2O4. The highest BCUT2D eigenvalue weighted by atomic mass is 19.3. The molecule has 8 heteroatoms. The molecule has 218 valence electrons. The molecule has 1 aliphatic carbocycles. The summed E-state index contributed by atoms with van der Waals surface area (Å²) in [5.41, 5.74) is 2.22. The summed E-state index contributed by atoms with van der Waals surface area (Å²) in [4.78, 5) is 28.1. The van der Waals surface area contributed by atoms with Crippen molar-refractivity contribution in [1.29, 1.82) is 0 Å². The van der Waals surface area contributed by atoms with Crippen LogP contribution in [0.2, 0.25) is 0 Å². The fraction of sp³-hybridized carbons (Fsp3) is 0.562. The normalized spacial score (nSPS) is 25.0. The maximum atomic E-state index is 13.8. The Morgan fingerprint density at radius 2 is 1.68 bits per heavy atom. The van der Waals surface area contributed by atoms with E-state index in [2.05, 4.69) is 32.2 Å². The number of benzene rings is 2. The predicted octanol–water partition coefficient (Wildman–Crippen LogP) is 6.20. The molecule has 0 spiro atoms. The van der Waals surface area contributed by atoms with Gasteiger partial charge in [0.25, 0.3) is 0 Å². The number of hydrogen-bond acceptors (Lipinski definition) is 4. The number of carboxylic acids is 1. The third-order valence-corrected chi connectivity index (χ3v) is 8.43. The van der Waals surface area contributed by atoms with Crippen LogP contribution in [0.4, 0.5) is 8.78 Å². The van der Waals surface area contributed by atoms with Crippen LogP contribution in [-0.4, -0.2) is 47.0 Å². The minimum absolute atomic E-state index is 0.0860. The number of rotatable bonds is 7. The van der Waals surface area contributed by atoms with Crippen LogP contribution in [-0.2, 0) is 21.5 Å². The molecule has 2 N–H and O–H groups in total. The van der Waals surface area contributed by atoms with Gasteiger partial charge in [0.1, 0.15) is 11.8 Å².